The molecule has 7 heteroatoms. The summed E-state index contributed by atoms with van der Waals surface area (Å²) in [7, 11) is 0. The van der Waals surface area contributed by atoms with Crippen molar-refractivity contribution < 1.29 is 14.7 Å². The van der Waals surface area contributed by atoms with Crippen molar-refractivity contribution in [3.8, 4) is 0 Å². The van der Waals surface area contributed by atoms with Crippen LogP contribution in [0, 0.1) is 0 Å². The molecule has 0 fully saturated rings. The van der Waals surface area contributed by atoms with Gasteiger partial charge in [-0.05, 0) is 12.1 Å². The van der Waals surface area contributed by atoms with Gasteiger partial charge in [0.25, 0.3) is 0 Å². The van der Waals surface area contributed by atoms with Crippen LogP contribution < -0.4 is 5.73 Å². The van der Waals surface area contributed by atoms with Crippen molar-refractivity contribution >= 4 is 34.9 Å². The first-order valence-corrected chi connectivity index (χ1v) is 6.36. The fourth-order valence-corrected chi connectivity index (χ4v) is 1.62. The highest BCUT2D eigenvalue weighted by Gasteiger charge is 2.10. The third-order valence-corrected chi connectivity index (χ3v) is 2.95. The van der Waals surface area contributed by atoms with Gasteiger partial charge in [-0.3, -0.25) is 4.79 Å². The number of halogens is 2. The number of carboxylic acid groups (broad SMARTS) is 1. The van der Waals surface area contributed by atoms with Crippen LogP contribution in [-0.2, 0) is 9.63 Å². The number of carboxylic acids is 1. The third-order valence-electron chi connectivity index (χ3n) is 2.21. The van der Waals surface area contributed by atoms with E-state index in [1.807, 2.05) is 0 Å². The number of carbonyl (C=O) groups is 1. The third kappa shape index (κ3) is 5.46. The van der Waals surface area contributed by atoms with Crippen LogP contribution >= 0.6 is 23.2 Å². The molecule has 0 heterocycles. The van der Waals surface area contributed by atoms with E-state index in [9.17, 15) is 4.79 Å². The zero-order chi connectivity index (χ0) is 14.3. The highest BCUT2D eigenvalue weighted by atomic mass is 35.5. The van der Waals surface area contributed by atoms with E-state index in [2.05, 4.69) is 5.16 Å². The van der Waals surface area contributed by atoms with Crippen LogP contribution in [0.5, 0.6) is 0 Å². The molecule has 0 amide bonds. The Balaban J connectivity index is 2.90. The number of benzene rings is 1. The highest BCUT2D eigenvalue weighted by Crippen LogP contribution is 2.23. The van der Waals surface area contributed by atoms with Crippen LogP contribution in [0.4, 0.5) is 0 Å². The molecule has 0 atom stereocenters. The molecule has 0 unspecified atom stereocenters. The van der Waals surface area contributed by atoms with Crippen molar-refractivity contribution in [2.45, 2.75) is 12.8 Å². The van der Waals surface area contributed by atoms with E-state index in [1.54, 1.807) is 18.2 Å². The predicted molar refractivity (Wildman–Crippen MR) is 74.9 cm³/mol. The van der Waals surface area contributed by atoms with E-state index in [0.717, 1.165) is 0 Å². The second kappa shape index (κ2) is 7.99. The van der Waals surface area contributed by atoms with Gasteiger partial charge in [-0.15, -0.1) is 0 Å². The van der Waals surface area contributed by atoms with E-state index in [-0.39, 0.29) is 19.4 Å². The summed E-state index contributed by atoms with van der Waals surface area (Å²) >= 11 is 11.7. The van der Waals surface area contributed by atoms with Crippen LogP contribution in [0.1, 0.15) is 18.4 Å². The lowest BCUT2D eigenvalue weighted by molar-refractivity contribution is -0.136. The Morgan fingerprint density at radius 1 is 1.32 bits per heavy atom. The first-order valence-electron chi connectivity index (χ1n) is 5.60. The van der Waals surface area contributed by atoms with Gasteiger partial charge in [0.2, 0.25) is 0 Å². The SMILES string of the molecule is NCCON=C(CCC(=O)O)c1ccc(Cl)c(Cl)c1. The molecule has 0 saturated carbocycles. The molecular weight excluding hydrogens is 291 g/mol. The molecule has 5 nitrogen and oxygen atoms in total. The first kappa shape index (κ1) is 15.8. The van der Waals surface area contributed by atoms with Crippen molar-refractivity contribution in [2.24, 2.45) is 10.9 Å². The molecule has 0 aliphatic heterocycles. The average Bonchev–Trinajstić information content (AvgIpc) is 2.37. The summed E-state index contributed by atoms with van der Waals surface area (Å²) in [4.78, 5) is 15.6. The van der Waals surface area contributed by atoms with Crippen molar-refractivity contribution in [1.82, 2.24) is 0 Å². The largest absolute Gasteiger partial charge is 0.481 e. The summed E-state index contributed by atoms with van der Waals surface area (Å²) in [5, 5.41) is 13.4. The number of aliphatic carboxylic acids is 1. The molecule has 104 valence electrons. The lowest BCUT2D eigenvalue weighted by Gasteiger charge is -2.07. The lowest BCUT2D eigenvalue weighted by atomic mass is 10.1. The number of hydrogen-bond donors (Lipinski definition) is 2. The van der Waals surface area contributed by atoms with Crippen LogP contribution in [0.3, 0.4) is 0 Å². The zero-order valence-corrected chi connectivity index (χ0v) is 11.6. The molecular formula is C12H14Cl2N2O3. The Labute approximate surface area is 120 Å². The fraction of sp³-hybridized carbons (Fsp3) is 0.333. The Bertz CT molecular complexity index is 478. The summed E-state index contributed by atoms with van der Waals surface area (Å²) in [6.07, 6.45) is 0.183. The molecule has 0 aliphatic carbocycles. The number of rotatable bonds is 7. The maximum absolute atomic E-state index is 10.6. The van der Waals surface area contributed by atoms with Gasteiger partial charge in [0.05, 0.1) is 22.2 Å². The molecule has 3 N–H and O–H groups in total. The number of oxime groups is 1. The molecule has 0 radical (unpaired) electrons. The Kier molecular flexibility index (Phi) is 6.62. The Morgan fingerprint density at radius 2 is 2.05 bits per heavy atom. The van der Waals surface area contributed by atoms with Crippen LogP contribution in [0.2, 0.25) is 10.0 Å². The predicted octanol–water partition coefficient (Wildman–Crippen LogP) is 2.54. The summed E-state index contributed by atoms with van der Waals surface area (Å²) < 4.78 is 0. The monoisotopic (exact) mass is 304 g/mol. The van der Waals surface area contributed by atoms with E-state index in [4.69, 9.17) is 38.9 Å². The standard InChI is InChI=1S/C12H14Cl2N2O3/c13-9-2-1-8(7-10(9)14)11(3-4-12(17)18)16-19-6-5-15/h1-2,7H,3-6,15H2,(H,17,18). The Hall–Kier alpha value is -1.30. The minimum atomic E-state index is -0.911. The van der Waals surface area contributed by atoms with E-state index >= 15 is 0 Å². The fourth-order valence-electron chi connectivity index (χ4n) is 1.32. The van der Waals surface area contributed by atoms with Gasteiger partial charge >= 0.3 is 5.97 Å². The number of nitrogens with zero attached hydrogens (tertiary/aromatic N) is 1. The van der Waals surface area contributed by atoms with Crippen molar-refractivity contribution in [3.63, 3.8) is 0 Å². The molecule has 0 aromatic heterocycles. The van der Waals surface area contributed by atoms with Crippen LogP contribution in [-0.4, -0.2) is 29.9 Å². The molecule has 0 saturated heterocycles. The summed E-state index contributed by atoms with van der Waals surface area (Å²) in [5.74, 6) is -0.911. The maximum Gasteiger partial charge on any atom is 0.303 e. The summed E-state index contributed by atoms with van der Waals surface area (Å²) in [6, 6.07) is 4.95. The molecule has 0 aliphatic rings. The van der Waals surface area contributed by atoms with Gasteiger partial charge < -0.3 is 15.7 Å². The van der Waals surface area contributed by atoms with Crippen molar-refractivity contribution in [3.05, 3.63) is 33.8 Å². The molecule has 1 aromatic carbocycles. The quantitative estimate of drug-likeness (QED) is 0.460. The topological polar surface area (TPSA) is 84.9 Å². The van der Waals surface area contributed by atoms with E-state index in [0.29, 0.717) is 27.9 Å². The molecule has 0 bridgehead atoms. The van der Waals surface area contributed by atoms with E-state index < -0.39 is 5.97 Å². The van der Waals surface area contributed by atoms with Gasteiger partial charge in [-0.2, -0.15) is 0 Å². The minimum absolute atomic E-state index is 0.0505. The molecule has 0 spiro atoms. The van der Waals surface area contributed by atoms with Gasteiger partial charge in [0.1, 0.15) is 6.61 Å². The normalized spacial score (nSPS) is 11.4. The number of hydrogen-bond acceptors (Lipinski definition) is 4. The first-order chi connectivity index (χ1) is 9.04. The summed E-state index contributed by atoms with van der Waals surface area (Å²) in [6.45, 7) is 0.592. The van der Waals surface area contributed by atoms with Gasteiger partial charge in [-0.1, -0.05) is 34.4 Å². The average molecular weight is 305 g/mol. The second-order valence-corrected chi connectivity index (χ2v) is 4.50. The maximum atomic E-state index is 10.6. The zero-order valence-electron chi connectivity index (χ0n) is 10.1. The molecule has 1 rings (SSSR count). The lowest BCUT2D eigenvalue weighted by Crippen LogP contribution is -2.09. The number of nitrogens with two attached hydrogens (primary N) is 1. The smallest absolute Gasteiger partial charge is 0.303 e. The highest BCUT2D eigenvalue weighted by molar-refractivity contribution is 6.42. The van der Waals surface area contributed by atoms with Crippen molar-refractivity contribution in [1.29, 1.82) is 0 Å². The summed E-state index contributed by atoms with van der Waals surface area (Å²) in [5.41, 5.74) is 6.46. The minimum Gasteiger partial charge on any atom is -0.481 e. The van der Waals surface area contributed by atoms with Crippen LogP contribution in [0.15, 0.2) is 23.4 Å². The van der Waals surface area contributed by atoms with E-state index in [1.165, 1.54) is 0 Å². The van der Waals surface area contributed by atoms with Gasteiger partial charge in [0, 0.05) is 18.5 Å². The second-order valence-electron chi connectivity index (χ2n) is 3.68. The molecule has 1 aromatic rings. The Morgan fingerprint density at radius 3 is 2.63 bits per heavy atom. The molecule has 19 heavy (non-hydrogen) atoms. The van der Waals surface area contributed by atoms with Crippen molar-refractivity contribution in [2.75, 3.05) is 13.2 Å². The van der Waals surface area contributed by atoms with Gasteiger partial charge in [0.15, 0.2) is 0 Å². The van der Waals surface area contributed by atoms with Gasteiger partial charge in [-0.25, -0.2) is 0 Å². The van der Waals surface area contributed by atoms with Crippen LogP contribution in [0.25, 0.3) is 0 Å².